The number of aromatic nitrogens is 1. The Kier molecular flexibility index (Phi) is 4.22. The summed E-state index contributed by atoms with van der Waals surface area (Å²) in [5.41, 5.74) is 1.02. The third-order valence-corrected chi connectivity index (χ3v) is 4.50. The van der Waals surface area contributed by atoms with Gasteiger partial charge in [-0.25, -0.2) is 4.98 Å². The number of hydrogen-bond donors (Lipinski definition) is 0. The summed E-state index contributed by atoms with van der Waals surface area (Å²) in [5.74, 6) is 2.21. The van der Waals surface area contributed by atoms with Gasteiger partial charge in [0.25, 0.3) is 0 Å². The molecule has 0 aromatic carbocycles. The number of nitrogens with zero attached hydrogens (tertiary/aromatic N) is 2. The Morgan fingerprint density at radius 1 is 1.62 bits per heavy atom. The van der Waals surface area contributed by atoms with E-state index >= 15 is 0 Å². The fraction of sp³-hybridized carbons (Fsp3) is 0.750. The standard InChI is InChI=1S/C12H19ClN2S/c1-9(2)10-3-4-15(6-10)7-12-14-11(5-13)8-16-12/h8-10H,3-7H2,1-2H3. The van der Waals surface area contributed by atoms with E-state index in [2.05, 4.69) is 29.1 Å². The van der Waals surface area contributed by atoms with Crippen molar-refractivity contribution in [1.82, 2.24) is 9.88 Å². The van der Waals surface area contributed by atoms with Crippen molar-refractivity contribution in [3.05, 3.63) is 16.1 Å². The fourth-order valence-corrected chi connectivity index (χ4v) is 3.29. The summed E-state index contributed by atoms with van der Waals surface area (Å²) < 4.78 is 0. The molecule has 90 valence electrons. The third kappa shape index (κ3) is 2.96. The number of rotatable bonds is 4. The van der Waals surface area contributed by atoms with E-state index in [9.17, 15) is 0 Å². The number of likely N-dealkylation sites (tertiary alicyclic amines) is 1. The first kappa shape index (κ1) is 12.3. The van der Waals surface area contributed by atoms with Gasteiger partial charge in [-0.15, -0.1) is 22.9 Å². The predicted octanol–water partition coefficient (Wildman–Crippen LogP) is 3.36. The molecule has 0 amide bonds. The second-order valence-corrected chi connectivity index (χ2v) is 6.10. The highest BCUT2D eigenvalue weighted by molar-refractivity contribution is 7.09. The van der Waals surface area contributed by atoms with Crippen molar-refractivity contribution in [2.24, 2.45) is 11.8 Å². The van der Waals surface area contributed by atoms with Crippen LogP contribution in [0.25, 0.3) is 0 Å². The van der Waals surface area contributed by atoms with Crippen molar-refractivity contribution in [2.75, 3.05) is 13.1 Å². The maximum Gasteiger partial charge on any atom is 0.107 e. The first-order valence-corrected chi connectivity index (χ1v) is 7.32. The first-order valence-electron chi connectivity index (χ1n) is 5.90. The van der Waals surface area contributed by atoms with Gasteiger partial charge in [-0.3, -0.25) is 4.90 Å². The highest BCUT2D eigenvalue weighted by atomic mass is 35.5. The van der Waals surface area contributed by atoms with Crippen LogP contribution in [0, 0.1) is 11.8 Å². The van der Waals surface area contributed by atoms with Gasteiger partial charge in [0.2, 0.25) is 0 Å². The number of hydrogen-bond acceptors (Lipinski definition) is 3. The van der Waals surface area contributed by atoms with Crippen molar-refractivity contribution in [1.29, 1.82) is 0 Å². The van der Waals surface area contributed by atoms with E-state index in [0.717, 1.165) is 24.1 Å². The molecule has 2 heterocycles. The van der Waals surface area contributed by atoms with Gasteiger partial charge < -0.3 is 0 Å². The summed E-state index contributed by atoms with van der Waals surface area (Å²) in [6, 6.07) is 0. The second-order valence-electron chi connectivity index (χ2n) is 4.89. The monoisotopic (exact) mass is 258 g/mol. The van der Waals surface area contributed by atoms with Crippen LogP contribution in [0.5, 0.6) is 0 Å². The SMILES string of the molecule is CC(C)C1CCN(Cc2nc(CCl)cs2)C1. The summed E-state index contributed by atoms with van der Waals surface area (Å²) in [4.78, 5) is 7.02. The summed E-state index contributed by atoms with van der Waals surface area (Å²) in [6.07, 6.45) is 1.34. The van der Waals surface area contributed by atoms with Gasteiger partial charge >= 0.3 is 0 Å². The molecule has 4 heteroatoms. The molecule has 16 heavy (non-hydrogen) atoms. The van der Waals surface area contributed by atoms with E-state index in [1.807, 2.05) is 0 Å². The highest BCUT2D eigenvalue weighted by Gasteiger charge is 2.25. The van der Waals surface area contributed by atoms with Gasteiger partial charge in [0.1, 0.15) is 5.01 Å². The number of thiazole rings is 1. The molecule has 0 spiro atoms. The largest absolute Gasteiger partial charge is 0.296 e. The maximum absolute atomic E-state index is 5.75. The topological polar surface area (TPSA) is 16.1 Å². The van der Waals surface area contributed by atoms with Crippen LogP contribution in [-0.4, -0.2) is 23.0 Å². The summed E-state index contributed by atoms with van der Waals surface area (Å²) in [5, 5.41) is 3.28. The fourth-order valence-electron chi connectivity index (χ4n) is 2.22. The molecule has 1 atom stereocenters. The molecule has 1 aliphatic rings. The molecule has 1 saturated heterocycles. The van der Waals surface area contributed by atoms with Crippen molar-refractivity contribution in [3.63, 3.8) is 0 Å². The Morgan fingerprint density at radius 2 is 2.44 bits per heavy atom. The molecule has 0 N–H and O–H groups in total. The van der Waals surface area contributed by atoms with Crippen LogP contribution >= 0.6 is 22.9 Å². The predicted molar refractivity (Wildman–Crippen MR) is 69.9 cm³/mol. The van der Waals surface area contributed by atoms with Crippen molar-refractivity contribution in [2.45, 2.75) is 32.7 Å². The van der Waals surface area contributed by atoms with Crippen LogP contribution in [-0.2, 0) is 12.4 Å². The molecule has 1 aromatic heterocycles. The van der Waals surface area contributed by atoms with Crippen molar-refractivity contribution < 1.29 is 0 Å². The third-order valence-electron chi connectivity index (χ3n) is 3.35. The van der Waals surface area contributed by atoms with Crippen LogP contribution in [0.2, 0.25) is 0 Å². The lowest BCUT2D eigenvalue weighted by molar-refractivity contribution is 0.296. The highest BCUT2D eigenvalue weighted by Crippen LogP contribution is 2.25. The van der Waals surface area contributed by atoms with E-state index in [-0.39, 0.29) is 0 Å². The number of halogens is 1. The molecule has 0 aliphatic carbocycles. The molecule has 1 aromatic rings. The van der Waals surface area contributed by atoms with Crippen LogP contribution in [0.3, 0.4) is 0 Å². The smallest absolute Gasteiger partial charge is 0.107 e. The molecule has 1 fully saturated rings. The zero-order valence-electron chi connectivity index (χ0n) is 9.95. The van der Waals surface area contributed by atoms with Crippen LogP contribution in [0.1, 0.15) is 31.0 Å². The lowest BCUT2D eigenvalue weighted by atomic mass is 9.95. The Hall–Kier alpha value is -0.120. The van der Waals surface area contributed by atoms with E-state index in [1.54, 1.807) is 11.3 Å². The van der Waals surface area contributed by atoms with Crippen molar-refractivity contribution >= 4 is 22.9 Å². The lowest BCUT2D eigenvalue weighted by Crippen LogP contribution is -2.21. The average Bonchev–Trinajstić information content (AvgIpc) is 2.87. The van der Waals surface area contributed by atoms with Crippen LogP contribution < -0.4 is 0 Å². The summed E-state index contributed by atoms with van der Waals surface area (Å²) in [6.45, 7) is 8.10. The Balaban J connectivity index is 1.87. The van der Waals surface area contributed by atoms with Gasteiger partial charge in [0.15, 0.2) is 0 Å². The van der Waals surface area contributed by atoms with Gasteiger partial charge in [0, 0.05) is 11.9 Å². The van der Waals surface area contributed by atoms with E-state index in [4.69, 9.17) is 11.6 Å². The molecule has 1 aliphatic heterocycles. The van der Waals surface area contributed by atoms with E-state index in [1.165, 1.54) is 24.5 Å². The number of alkyl halides is 1. The first-order chi connectivity index (χ1) is 7.69. The Labute approximate surface area is 107 Å². The van der Waals surface area contributed by atoms with Gasteiger partial charge in [-0.05, 0) is 24.8 Å². The molecule has 2 rings (SSSR count). The quantitative estimate of drug-likeness (QED) is 0.770. The zero-order valence-corrected chi connectivity index (χ0v) is 11.5. The van der Waals surface area contributed by atoms with Crippen molar-refractivity contribution in [3.8, 4) is 0 Å². The summed E-state index contributed by atoms with van der Waals surface area (Å²) >= 11 is 7.49. The Morgan fingerprint density at radius 3 is 3.00 bits per heavy atom. The molecule has 2 nitrogen and oxygen atoms in total. The Bertz CT molecular complexity index is 338. The molecular weight excluding hydrogens is 240 g/mol. The lowest BCUT2D eigenvalue weighted by Gasteiger charge is -2.16. The normalized spacial score (nSPS) is 22.1. The zero-order chi connectivity index (χ0) is 11.5. The molecular formula is C12H19ClN2S. The molecule has 0 saturated carbocycles. The minimum Gasteiger partial charge on any atom is -0.296 e. The van der Waals surface area contributed by atoms with Gasteiger partial charge in [-0.2, -0.15) is 0 Å². The minimum atomic E-state index is 0.533. The molecule has 1 unspecified atom stereocenters. The maximum atomic E-state index is 5.75. The minimum absolute atomic E-state index is 0.533. The summed E-state index contributed by atoms with van der Waals surface area (Å²) in [7, 11) is 0. The van der Waals surface area contributed by atoms with Crippen LogP contribution in [0.4, 0.5) is 0 Å². The molecule has 0 bridgehead atoms. The average molecular weight is 259 g/mol. The van der Waals surface area contributed by atoms with E-state index in [0.29, 0.717) is 5.88 Å². The van der Waals surface area contributed by atoms with Crippen LogP contribution in [0.15, 0.2) is 5.38 Å². The molecule has 0 radical (unpaired) electrons. The van der Waals surface area contributed by atoms with Gasteiger partial charge in [0.05, 0.1) is 18.1 Å². The second kappa shape index (κ2) is 5.48. The van der Waals surface area contributed by atoms with Gasteiger partial charge in [-0.1, -0.05) is 13.8 Å². The van der Waals surface area contributed by atoms with E-state index < -0.39 is 0 Å².